The van der Waals surface area contributed by atoms with Crippen LogP contribution >= 0.6 is 11.6 Å². The molecule has 1 fully saturated rings. The highest BCUT2D eigenvalue weighted by Crippen LogP contribution is 2.26. The molecule has 0 aliphatic carbocycles. The lowest BCUT2D eigenvalue weighted by Crippen LogP contribution is -2.28. The Morgan fingerprint density at radius 2 is 2.25 bits per heavy atom. The number of hydrogen-bond acceptors (Lipinski definition) is 3. The highest BCUT2D eigenvalue weighted by molar-refractivity contribution is 6.30. The van der Waals surface area contributed by atoms with Gasteiger partial charge < -0.3 is 15.1 Å². The molecule has 1 aromatic carbocycles. The third kappa shape index (κ3) is 4.11. The lowest BCUT2D eigenvalue weighted by atomic mass is 10.1. The summed E-state index contributed by atoms with van der Waals surface area (Å²) >= 11 is 6.14. The normalized spacial score (nSPS) is 19.5. The van der Waals surface area contributed by atoms with Gasteiger partial charge in [0.05, 0.1) is 0 Å². The monoisotopic (exact) mass is 295 g/mol. The summed E-state index contributed by atoms with van der Waals surface area (Å²) in [5.74, 6) is 0.771. The van der Waals surface area contributed by atoms with E-state index in [2.05, 4.69) is 48.3 Å². The lowest BCUT2D eigenvalue weighted by Gasteiger charge is -2.26. The van der Waals surface area contributed by atoms with Crippen LogP contribution in [0.5, 0.6) is 0 Å². The summed E-state index contributed by atoms with van der Waals surface area (Å²) in [6, 6.07) is 6.22. The summed E-state index contributed by atoms with van der Waals surface area (Å²) in [7, 11) is 4.40. The van der Waals surface area contributed by atoms with Crippen LogP contribution in [0.2, 0.25) is 5.02 Å². The van der Waals surface area contributed by atoms with Crippen molar-refractivity contribution >= 4 is 17.3 Å². The van der Waals surface area contributed by atoms with E-state index in [-0.39, 0.29) is 0 Å². The first-order chi connectivity index (χ1) is 9.60. The second kappa shape index (κ2) is 7.30. The maximum atomic E-state index is 6.14. The predicted octanol–water partition coefficient (Wildman–Crippen LogP) is 2.84. The fourth-order valence-electron chi connectivity index (χ4n) is 2.99. The Hall–Kier alpha value is -0.770. The molecule has 1 N–H and O–H groups in total. The van der Waals surface area contributed by atoms with Crippen LogP contribution in [0.15, 0.2) is 18.2 Å². The molecule has 1 heterocycles. The van der Waals surface area contributed by atoms with Gasteiger partial charge in [-0.25, -0.2) is 0 Å². The summed E-state index contributed by atoms with van der Waals surface area (Å²) in [6.45, 7) is 7.53. The number of nitrogens with one attached hydrogen (secondary N) is 1. The number of rotatable bonds is 6. The Labute approximate surface area is 127 Å². The van der Waals surface area contributed by atoms with Crippen LogP contribution in [0.1, 0.15) is 18.9 Å². The minimum atomic E-state index is 0.771. The van der Waals surface area contributed by atoms with Gasteiger partial charge in [-0.1, -0.05) is 18.5 Å². The van der Waals surface area contributed by atoms with Gasteiger partial charge in [-0.05, 0) is 56.2 Å². The van der Waals surface area contributed by atoms with E-state index in [4.69, 9.17) is 11.6 Å². The first-order valence-electron chi connectivity index (χ1n) is 7.49. The quantitative estimate of drug-likeness (QED) is 0.871. The molecule has 0 saturated carbocycles. The van der Waals surface area contributed by atoms with Crippen LogP contribution in [0.25, 0.3) is 0 Å². The molecule has 1 aliphatic rings. The van der Waals surface area contributed by atoms with E-state index in [1.165, 1.54) is 30.8 Å². The molecule has 1 atom stereocenters. The second-order valence-corrected chi connectivity index (χ2v) is 6.29. The number of anilines is 1. The molecule has 4 heteroatoms. The molecule has 1 saturated heterocycles. The molecule has 0 amide bonds. The van der Waals surface area contributed by atoms with Crippen molar-refractivity contribution in [2.24, 2.45) is 5.92 Å². The summed E-state index contributed by atoms with van der Waals surface area (Å²) in [4.78, 5) is 4.80. The Kier molecular flexibility index (Phi) is 5.70. The van der Waals surface area contributed by atoms with Gasteiger partial charge in [-0.15, -0.1) is 0 Å². The third-order valence-electron chi connectivity index (χ3n) is 4.04. The Morgan fingerprint density at radius 1 is 1.45 bits per heavy atom. The van der Waals surface area contributed by atoms with Gasteiger partial charge in [0.2, 0.25) is 0 Å². The molecule has 112 valence electrons. The van der Waals surface area contributed by atoms with E-state index in [9.17, 15) is 0 Å². The van der Waals surface area contributed by atoms with E-state index >= 15 is 0 Å². The molecule has 0 bridgehead atoms. The molecule has 0 aromatic heterocycles. The number of likely N-dealkylation sites (tertiary alicyclic amines) is 1. The van der Waals surface area contributed by atoms with Crippen LogP contribution in [0, 0.1) is 5.92 Å². The van der Waals surface area contributed by atoms with Crippen molar-refractivity contribution in [3.63, 3.8) is 0 Å². The fraction of sp³-hybridized carbons (Fsp3) is 0.625. The van der Waals surface area contributed by atoms with E-state index in [1.807, 2.05) is 6.07 Å². The zero-order valence-corrected chi connectivity index (χ0v) is 13.6. The van der Waals surface area contributed by atoms with Crippen LogP contribution in [0.3, 0.4) is 0 Å². The van der Waals surface area contributed by atoms with Gasteiger partial charge in [0.1, 0.15) is 0 Å². The molecule has 2 rings (SSSR count). The highest BCUT2D eigenvalue weighted by Gasteiger charge is 2.21. The highest BCUT2D eigenvalue weighted by atomic mass is 35.5. The van der Waals surface area contributed by atoms with Crippen molar-refractivity contribution in [2.45, 2.75) is 19.9 Å². The zero-order valence-electron chi connectivity index (χ0n) is 12.8. The average molecular weight is 296 g/mol. The minimum Gasteiger partial charge on any atom is -0.374 e. The first kappa shape index (κ1) is 15.6. The van der Waals surface area contributed by atoms with Crippen molar-refractivity contribution in [3.05, 3.63) is 28.8 Å². The molecule has 0 spiro atoms. The van der Waals surface area contributed by atoms with Gasteiger partial charge in [0, 0.05) is 37.4 Å². The van der Waals surface area contributed by atoms with E-state index < -0.39 is 0 Å². The van der Waals surface area contributed by atoms with Gasteiger partial charge in [-0.3, -0.25) is 0 Å². The summed E-state index contributed by atoms with van der Waals surface area (Å²) in [5.41, 5.74) is 2.58. The Morgan fingerprint density at radius 3 is 2.90 bits per heavy atom. The standard InChI is InChI=1S/C16H26ClN3/c1-4-18-10-14-9-15(17)5-6-16(14)20(3)12-13-7-8-19(2)11-13/h5-6,9,13,18H,4,7-8,10-12H2,1-3H3. The van der Waals surface area contributed by atoms with Gasteiger partial charge in [0.15, 0.2) is 0 Å². The SMILES string of the molecule is CCNCc1cc(Cl)ccc1N(C)CC1CCN(C)C1. The van der Waals surface area contributed by atoms with Gasteiger partial charge >= 0.3 is 0 Å². The van der Waals surface area contributed by atoms with Gasteiger partial charge in [-0.2, -0.15) is 0 Å². The van der Waals surface area contributed by atoms with E-state index in [1.54, 1.807) is 0 Å². The van der Waals surface area contributed by atoms with Crippen molar-refractivity contribution < 1.29 is 0 Å². The number of benzene rings is 1. The molecule has 0 radical (unpaired) electrons. The van der Waals surface area contributed by atoms with Crippen LogP contribution in [0.4, 0.5) is 5.69 Å². The van der Waals surface area contributed by atoms with Crippen molar-refractivity contribution in [1.29, 1.82) is 0 Å². The third-order valence-corrected chi connectivity index (χ3v) is 4.27. The number of halogens is 1. The second-order valence-electron chi connectivity index (χ2n) is 5.85. The molecule has 20 heavy (non-hydrogen) atoms. The largest absolute Gasteiger partial charge is 0.374 e. The number of nitrogens with zero attached hydrogens (tertiary/aromatic N) is 2. The summed E-state index contributed by atoms with van der Waals surface area (Å²) in [6.07, 6.45) is 1.30. The molecular formula is C16H26ClN3. The molecular weight excluding hydrogens is 270 g/mol. The van der Waals surface area contributed by atoms with Crippen LogP contribution < -0.4 is 10.2 Å². The maximum absolute atomic E-state index is 6.14. The van der Waals surface area contributed by atoms with Gasteiger partial charge in [0.25, 0.3) is 0 Å². The Balaban J connectivity index is 2.05. The number of hydrogen-bond donors (Lipinski definition) is 1. The Bertz CT molecular complexity index is 436. The zero-order chi connectivity index (χ0) is 14.5. The first-order valence-corrected chi connectivity index (χ1v) is 7.86. The minimum absolute atomic E-state index is 0.771. The average Bonchev–Trinajstić information content (AvgIpc) is 2.81. The topological polar surface area (TPSA) is 18.5 Å². The lowest BCUT2D eigenvalue weighted by molar-refractivity contribution is 0.396. The fourth-order valence-corrected chi connectivity index (χ4v) is 3.18. The molecule has 3 nitrogen and oxygen atoms in total. The van der Waals surface area contributed by atoms with E-state index in [0.717, 1.165) is 30.6 Å². The molecule has 1 aliphatic heterocycles. The summed E-state index contributed by atoms with van der Waals surface area (Å²) in [5, 5.41) is 4.21. The van der Waals surface area contributed by atoms with Crippen molar-refractivity contribution in [3.8, 4) is 0 Å². The van der Waals surface area contributed by atoms with Crippen molar-refractivity contribution in [1.82, 2.24) is 10.2 Å². The molecule has 1 unspecified atom stereocenters. The van der Waals surface area contributed by atoms with Crippen molar-refractivity contribution in [2.75, 3.05) is 45.2 Å². The smallest absolute Gasteiger partial charge is 0.0410 e. The predicted molar refractivity (Wildman–Crippen MR) is 87.7 cm³/mol. The van der Waals surface area contributed by atoms with Crippen LogP contribution in [-0.4, -0.2) is 45.2 Å². The maximum Gasteiger partial charge on any atom is 0.0410 e. The molecule has 1 aromatic rings. The van der Waals surface area contributed by atoms with E-state index in [0.29, 0.717) is 0 Å². The van der Waals surface area contributed by atoms with Crippen LogP contribution in [-0.2, 0) is 6.54 Å². The summed E-state index contributed by atoms with van der Waals surface area (Å²) < 4.78 is 0.